The van der Waals surface area contributed by atoms with Gasteiger partial charge in [0.05, 0.1) is 4.92 Å². The van der Waals surface area contributed by atoms with Gasteiger partial charge >= 0.3 is 5.69 Å². The molecule has 0 spiro atoms. The molecular formula is C6H4BrClN2O2. The Morgan fingerprint density at radius 3 is 2.75 bits per heavy atom. The molecule has 4 nitrogen and oxygen atoms in total. The molecule has 0 bridgehead atoms. The van der Waals surface area contributed by atoms with E-state index in [0.29, 0.717) is 10.0 Å². The van der Waals surface area contributed by atoms with Gasteiger partial charge in [-0.2, -0.15) is 0 Å². The maximum absolute atomic E-state index is 10.5. The number of pyridine rings is 1. The van der Waals surface area contributed by atoms with Gasteiger partial charge in [0, 0.05) is 16.2 Å². The van der Waals surface area contributed by atoms with Crippen LogP contribution < -0.4 is 0 Å². The Balaban J connectivity index is 3.43. The third-order valence-corrected chi connectivity index (χ3v) is 2.46. The van der Waals surface area contributed by atoms with Crippen LogP contribution in [0.15, 0.2) is 10.7 Å². The lowest BCUT2D eigenvalue weighted by molar-refractivity contribution is -0.385. The molecule has 0 amide bonds. The fourth-order valence-electron chi connectivity index (χ4n) is 0.751. The monoisotopic (exact) mass is 250 g/mol. The lowest BCUT2D eigenvalue weighted by Gasteiger charge is -1.99. The minimum Gasteiger partial charge on any atom is -0.258 e. The molecule has 0 fully saturated rings. The fraction of sp³-hybridized carbons (Fsp3) is 0.167. The van der Waals surface area contributed by atoms with Crippen LogP contribution in [0.1, 0.15) is 5.56 Å². The van der Waals surface area contributed by atoms with Gasteiger partial charge in [-0.05, 0) is 22.9 Å². The highest BCUT2D eigenvalue weighted by Crippen LogP contribution is 2.30. The van der Waals surface area contributed by atoms with Gasteiger partial charge in [0.1, 0.15) is 0 Å². The minimum atomic E-state index is -0.546. The fourth-order valence-corrected chi connectivity index (χ4v) is 1.30. The second kappa shape index (κ2) is 3.37. The molecular weight excluding hydrogens is 247 g/mol. The molecule has 12 heavy (non-hydrogen) atoms. The number of rotatable bonds is 1. The SMILES string of the molecule is Cc1c(Br)cnc(Cl)c1[N+](=O)[O-]. The Morgan fingerprint density at radius 1 is 1.75 bits per heavy atom. The van der Waals surface area contributed by atoms with Gasteiger partial charge in [-0.25, -0.2) is 4.98 Å². The van der Waals surface area contributed by atoms with E-state index in [1.165, 1.54) is 6.20 Å². The van der Waals surface area contributed by atoms with Crippen molar-refractivity contribution in [3.63, 3.8) is 0 Å². The Hall–Kier alpha value is -0.680. The molecule has 1 aromatic rings. The summed E-state index contributed by atoms with van der Waals surface area (Å²) in [6.45, 7) is 1.61. The van der Waals surface area contributed by atoms with Crippen LogP contribution >= 0.6 is 27.5 Å². The predicted octanol–water partition coefficient (Wildman–Crippen LogP) is 2.71. The molecule has 0 aliphatic carbocycles. The van der Waals surface area contributed by atoms with Crippen molar-refractivity contribution >= 4 is 33.2 Å². The molecule has 0 saturated heterocycles. The average Bonchev–Trinajstić information content (AvgIpc) is 1.97. The van der Waals surface area contributed by atoms with Gasteiger partial charge in [-0.15, -0.1) is 0 Å². The van der Waals surface area contributed by atoms with E-state index in [4.69, 9.17) is 11.6 Å². The summed E-state index contributed by atoms with van der Waals surface area (Å²) in [5.41, 5.74) is 0.339. The highest BCUT2D eigenvalue weighted by Gasteiger charge is 2.18. The smallest absolute Gasteiger partial charge is 0.258 e. The molecule has 0 radical (unpaired) electrons. The number of hydrogen-bond acceptors (Lipinski definition) is 3. The summed E-state index contributed by atoms with van der Waals surface area (Å²) in [6, 6.07) is 0. The molecule has 6 heteroatoms. The van der Waals surface area contributed by atoms with Gasteiger partial charge in [0.25, 0.3) is 0 Å². The summed E-state index contributed by atoms with van der Waals surface area (Å²) in [5.74, 6) is 0. The van der Waals surface area contributed by atoms with Crippen molar-refractivity contribution in [2.75, 3.05) is 0 Å². The van der Waals surface area contributed by atoms with Crippen LogP contribution in [-0.2, 0) is 0 Å². The molecule has 64 valence electrons. The first-order valence-electron chi connectivity index (χ1n) is 2.99. The van der Waals surface area contributed by atoms with Gasteiger partial charge in [0.2, 0.25) is 5.15 Å². The Labute approximate surface area is 81.8 Å². The van der Waals surface area contributed by atoms with Crippen LogP contribution in [0.3, 0.4) is 0 Å². The predicted molar refractivity (Wildman–Crippen MR) is 48.3 cm³/mol. The summed E-state index contributed by atoms with van der Waals surface area (Å²) in [6.07, 6.45) is 1.44. The zero-order valence-corrected chi connectivity index (χ0v) is 8.39. The Morgan fingerprint density at radius 2 is 2.33 bits per heavy atom. The van der Waals surface area contributed by atoms with Crippen molar-refractivity contribution in [3.05, 3.63) is 31.5 Å². The van der Waals surface area contributed by atoms with Crippen LogP contribution in [0.4, 0.5) is 5.69 Å². The molecule has 1 aromatic heterocycles. The van der Waals surface area contributed by atoms with E-state index in [2.05, 4.69) is 20.9 Å². The molecule has 0 aliphatic rings. The van der Waals surface area contributed by atoms with Crippen molar-refractivity contribution in [2.24, 2.45) is 0 Å². The van der Waals surface area contributed by atoms with E-state index in [1.54, 1.807) is 6.92 Å². The van der Waals surface area contributed by atoms with Crippen molar-refractivity contribution in [3.8, 4) is 0 Å². The average molecular weight is 251 g/mol. The highest BCUT2D eigenvalue weighted by molar-refractivity contribution is 9.10. The van der Waals surface area contributed by atoms with Crippen LogP contribution in [0.5, 0.6) is 0 Å². The van der Waals surface area contributed by atoms with E-state index < -0.39 is 4.92 Å². The second-order valence-electron chi connectivity index (χ2n) is 2.13. The first-order chi connectivity index (χ1) is 5.54. The standard InChI is InChI=1S/C6H4BrClN2O2/c1-3-4(7)2-9-6(8)5(3)10(11)12/h2H,1H3. The lowest BCUT2D eigenvalue weighted by atomic mass is 10.2. The normalized spacial score (nSPS) is 9.92. The second-order valence-corrected chi connectivity index (χ2v) is 3.34. The van der Waals surface area contributed by atoms with Crippen molar-refractivity contribution in [2.45, 2.75) is 6.92 Å². The Bertz CT molecular complexity index is 343. The molecule has 0 unspecified atom stereocenters. The Kier molecular flexibility index (Phi) is 2.64. The maximum Gasteiger partial charge on any atom is 0.310 e. The zero-order chi connectivity index (χ0) is 9.30. The number of halogens is 2. The van der Waals surface area contributed by atoms with Crippen molar-refractivity contribution in [1.82, 2.24) is 4.98 Å². The first-order valence-corrected chi connectivity index (χ1v) is 4.16. The van der Waals surface area contributed by atoms with Crippen LogP contribution in [0.2, 0.25) is 5.15 Å². The number of nitro groups is 1. The highest BCUT2D eigenvalue weighted by atomic mass is 79.9. The van der Waals surface area contributed by atoms with Gasteiger partial charge in [-0.1, -0.05) is 11.6 Å². The molecule has 0 aromatic carbocycles. The van der Waals surface area contributed by atoms with E-state index in [1.807, 2.05) is 0 Å². The van der Waals surface area contributed by atoms with E-state index >= 15 is 0 Å². The first kappa shape index (κ1) is 9.41. The summed E-state index contributed by atoms with van der Waals surface area (Å²) in [4.78, 5) is 13.5. The number of nitrogens with zero attached hydrogens (tertiary/aromatic N) is 2. The molecule has 0 aliphatic heterocycles. The van der Waals surface area contributed by atoms with Crippen LogP contribution in [0.25, 0.3) is 0 Å². The zero-order valence-electron chi connectivity index (χ0n) is 6.04. The van der Waals surface area contributed by atoms with Gasteiger partial charge < -0.3 is 0 Å². The van der Waals surface area contributed by atoms with Gasteiger partial charge in [-0.3, -0.25) is 10.1 Å². The number of aromatic nitrogens is 1. The summed E-state index contributed by atoms with van der Waals surface area (Å²) < 4.78 is 0.582. The van der Waals surface area contributed by atoms with E-state index in [0.717, 1.165) is 0 Å². The van der Waals surface area contributed by atoms with Crippen LogP contribution in [0, 0.1) is 17.0 Å². The molecule has 1 rings (SSSR count). The minimum absolute atomic E-state index is 0.0827. The quantitative estimate of drug-likeness (QED) is 0.438. The summed E-state index contributed by atoms with van der Waals surface area (Å²) in [5, 5.41) is 10.4. The third kappa shape index (κ3) is 1.56. The molecule has 0 saturated carbocycles. The van der Waals surface area contributed by atoms with E-state index in [-0.39, 0.29) is 10.8 Å². The summed E-state index contributed by atoms with van der Waals surface area (Å²) >= 11 is 8.65. The lowest BCUT2D eigenvalue weighted by Crippen LogP contribution is -1.95. The molecule has 1 heterocycles. The maximum atomic E-state index is 10.5. The molecule has 0 N–H and O–H groups in total. The van der Waals surface area contributed by atoms with Crippen molar-refractivity contribution in [1.29, 1.82) is 0 Å². The number of hydrogen-bond donors (Lipinski definition) is 0. The van der Waals surface area contributed by atoms with Gasteiger partial charge in [0.15, 0.2) is 0 Å². The largest absolute Gasteiger partial charge is 0.310 e. The van der Waals surface area contributed by atoms with Crippen LogP contribution in [-0.4, -0.2) is 9.91 Å². The summed E-state index contributed by atoms with van der Waals surface area (Å²) in [7, 11) is 0. The van der Waals surface area contributed by atoms with E-state index in [9.17, 15) is 10.1 Å². The molecule has 0 atom stereocenters. The third-order valence-electron chi connectivity index (χ3n) is 1.38. The van der Waals surface area contributed by atoms with Crippen molar-refractivity contribution < 1.29 is 4.92 Å². The topological polar surface area (TPSA) is 56.0 Å².